The largest absolute Gasteiger partial charge is 0.394 e. The van der Waals surface area contributed by atoms with Crippen LogP contribution >= 0.6 is 0 Å². The highest BCUT2D eigenvalue weighted by atomic mass is 16.6. The molecule has 124 valence electrons. The van der Waals surface area contributed by atoms with Crippen molar-refractivity contribution in [2.24, 2.45) is 0 Å². The van der Waals surface area contributed by atoms with Crippen LogP contribution in [-0.4, -0.2) is 66.9 Å². The van der Waals surface area contributed by atoms with Crippen molar-refractivity contribution in [3.8, 4) is 0 Å². The highest BCUT2D eigenvalue weighted by Gasteiger charge is 2.00. The molecule has 0 saturated carbocycles. The Bertz CT molecular complexity index is 175. The minimum absolute atomic E-state index is 0.00667. The fourth-order valence-corrected chi connectivity index (χ4v) is 0.982. The van der Waals surface area contributed by atoms with Gasteiger partial charge in [0, 0.05) is 6.61 Å². The van der Waals surface area contributed by atoms with Crippen molar-refractivity contribution in [2.75, 3.05) is 33.0 Å². The van der Waals surface area contributed by atoms with Crippen molar-refractivity contribution in [2.45, 2.75) is 59.0 Å². The maximum atomic E-state index is 8.69. The molecule has 0 fully saturated rings. The standard InChI is InChI=1S/C8H18O3.C6H14O3/c1-3-4-5-10-6-7-11-8(2)9;1-5(8)4-9-6(2)3-7/h8-9H,3-7H2,1-2H3;5-8H,3-4H2,1-2H3. The van der Waals surface area contributed by atoms with E-state index in [0.717, 1.165) is 19.4 Å². The van der Waals surface area contributed by atoms with E-state index in [4.69, 9.17) is 29.5 Å². The smallest absolute Gasteiger partial charge is 0.151 e. The molecule has 0 amide bonds. The van der Waals surface area contributed by atoms with E-state index in [0.29, 0.717) is 19.8 Å². The van der Waals surface area contributed by atoms with Crippen molar-refractivity contribution < 1.29 is 29.5 Å². The van der Waals surface area contributed by atoms with Gasteiger partial charge in [-0.05, 0) is 27.2 Å². The third kappa shape index (κ3) is 22.9. The van der Waals surface area contributed by atoms with Crippen LogP contribution in [0.3, 0.4) is 0 Å². The molecule has 3 atom stereocenters. The molecule has 0 spiro atoms. The third-order valence-corrected chi connectivity index (χ3v) is 2.11. The summed E-state index contributed by atoms with van der Waals surface area (Å²) in [5.74, 6) is 0. The predicted molar refractivity (Wildman–Crippen MR) is 77.5 cm³/mol. The maximum Gasteiger partial charge on any atom is 0.151 e. The molecule has 3 N–H and O–H groups in total. The molecule has 0 aliphatic heterocycles. The SMILES string of the molecule is CC(O)COC(C)CO.CCCCOCCOC(C)O. The van der Waals surface area contributed by atoms with E-state index in [1.807, 2.05) is 0 Å². The normalized spacial score (nSPS) is 15.2. The summed E-state index contributed by atoms with van der Waals surface area (Å²) in [5.41, 5.74) is 0. The second kappa shape index (κ2) is 16.8. The van der Waals surface area contributed by atoms with Gasteiger partial charge in [-0.15, -0.1) is 0 Å². The monoisotopic (exact) mass is 296 g/mol. The quantitative estimate of drug-likeness (QED) is 0.388. The molecule has 6 nitrogen and oxygen atoms in total. The Balaban J connectivity index is 0. The molecule has 6 heteroatoms. The molecule has 0 aliphatic carbocycles. The van der Waals surface area contributed by atoms with Crippen LogP contribution in [0.25, 0.3) is 0 Å². The molecule has 0 aliphatic rings. The summed E-state index contributed by atoms with van der Waals surface area (Å²) in [5, 5.41) is 25.8. The first kappa shape index (κ1) is 22.0. The van der Waals surface area contributed by atoms with Gasteiger partial charge in [0.1, 0.15) is 0 Å². The Morgan fingerprint density at radius 2 is 1.60 bits per heavy atom. The molecule has 0 aromatic carbocycles. The third-order valence-electron chi connectivity index (χ3n) is 2.11. The molecule has 20 heavy (non-hydrogen) atoms. The van der Waals surface area contributed by atoms with Gasteiger partial charge in [0.2, 0.25) is 0 Å². The van der Waals surface area contributed by atoms with E-state index in [-0.39, 0.29) is 12.7 Å². The average Bonchev–Trinajstić information content (AvgIpc) is 2.40. The Hall–Kier alpha value is -0.240. The van der Waals surface area contributed by atoms with E-state index in [9.17, 15) is 0 Å². The summed E-state index contributed by atoms with van der Waals surface area (Å²) in [4.78, 5) is 0. The van der Waals surface area contributed by atoms with E-state index >= 15 is 0 Å². The van der Waals surface area contributed by atoms with Gasteiger partial charge in [0.05, 0.1) is 38.6 Å². The van der Waals surface area contributed by atoms with E-state index in [1.54, 1.807) is 20.8 Å². The number of hydrogen-bond acceptors (Lipinski definition) is 6. The zero-order chi connectivity index (χ0) is 15.8. The summed E-state index contributed by atoms with van der Waals surface area (Å²) in [6.45, 7) is 9.24. The summed E-state index contributed by atoms with van der Waals surface area (Å²) in [6.07, 6.45) is 0.953. The number of aliphatic hydroxyl groups excluding tert-OH is 3. The lowest BCUT2D eigenvalue weighted by molar-refractivity contribution is -0.0994. The molecule has 0 radical (unpaired) electrons. The minimum atomic E-state index is -0.676. The van der Waals surface area contributed by atoms with E-state index < -0.39 is 12.4 Å². The van der Waals surface area contributed by atoms with Crippen LogP contribution in [0.4, 0.5) is 0 Å². The highest BCUT2D eigenvalue weighted by molar-refractivity contribution is 4.47. The van der Waals surface area contributed by atoms with Crippen molar-refractivity contribution in [1.82, 2.24) is 0 Å². The minimum Gasteiger partial charge on any atom is -0.394 e. The first-order valence-electron chi connectivity index (χ1n) is 7.21. The van der Waals surface area contributed by atoms with Crippen LogP contribution in [0.1, 0.15) is 40.5 Å². The fraction of sp³-hybridized carbons (Fsp3) is 1.00. The summed E-state index contributed by atoms with van der Waals surface area (Å²) < 4.78 is 15.0. The molecule has 3 unspecified atom stereocenters. The average molecular weight is 296 g/mol. The summed E-state index contributed by atoms with van der Waals surface area (Å²) in [7, 11) is 0. The highest BCUT2D eigenvalue weighted by Crippen LogP contribution is 1.90. The van der Waals surface area contributed by atoms with Crippen molar-refractivity contribution in [1.29, 1.82) is 0 Å². The van der Waals surface area contributed by atoms with E-state index in [2.05, 4.69) is 6.92 Å². The number of hydrogen-bond donors (Lipinski definition) is 3. The molecule has 0 bridgehead atoms. The second-order valence-corrected chi connectivity index (χ2v) is 4.61. The molecule has 0 heterocycles. The maximum absolute atomic E-state index is 8.69. The Labute approximate surface area is 122 Å². The first-order chi connectivity index (χ1) is 9.43. The Morgan fingerprint density at radius 3 is 2.05 bits per heavy atom. The van der Waals surface area contributed by atoms with Crippen LogP contribution in [-0.2, 0) is 14.2 Å². The topological polar surface area (TPSA) is 88.4 Å². The number of aliphatic hydroxyl groups is 3. The predicted octanol–water partition coefficient (Wildman–Crippen LogP) is 0.923. The zero-order valence-corrected chi connectivity index (χ0v) is 13.2. The Morgan fingerprint density at radius 1 is 0.950 bits per heavy atom. The van der Waals surface area contributed by atoms with Crippen molar-refractivity contribution in [3.05, 3.63) is 0 Å². The van der Waals surface area contributed by atoms with Crippen LogP contribution in [0.15, 0.2) is 0 Å². The van der Waals surface area contributed by atoms with Crippen molar-refractivity contribution >= 4 is 0 Å². The van der Waals surface area contributed by atoms with Gasteiger partial charge in [0.15, 0.2) is 6.29 Å². The molecular formula is C14H32O6. The molecule has 0 aromatic heterocycles. The van der Waals surface area contributed by atoms with Gasteiger partial charge in [0.25, 0.3) is 0 Å². The molecule has 0 saturated heterocycles. The van der Waals surface area contributed by atoms with Crippen LogP contribution in [0.2, 0.25) is 0 Å². The van der Waals surface area contributed by atoms with Gasteiger partial charge >= 0.3 is 0 Å². The molecule has 0 aromatic rings. The molecule has 0 rings (SSSR count). The second-order valence-electron chi connectivity index (χ2n) is 4.61. The van der Waals surface area contributed by atoms with Crippen LogP contribution in [0, 0.1) is 0 Å². The van der Waals surface area contributed by atoms with Gasteiger partial charge in [-0.25, -0.2) is 0 Å². The van der Waals surface area contributed by atoms with Gasteiger partial charge in [-0.1, -0.05) is 13.3 Å². The number of unbranched alkanes of at least 4 members (excludes halogenated alkanes) is 1. The lowest BCUT2D eigenvalue weighted by atomic mass is 10.4. The number of rotatable bonds is 11. The van der Waals surface area contributed by atoms with E-state index in [1.165, 1.54) is 0 Å². The zero-order valence-electron chi connectivity index (χ0n) is 13.2. The molecular weight excluding hydrogens is 264 g/mol. The van der Waals surface area contributed by atoms with Crippen LogP contribution in [0.5, 0.6) is 0 Å². The van der Waals surface area contributed by atoms with Gasteiger partial charge < -0.3 is 29.5 Å². The fourth-order valence-electron chi connectivity index (χ4n) is 0.982. The lowest BCUT2D eigenvalue weighted by Gasteiger charge is -2.10. The van der Waals surface area contributed by atoms with Gasteiger partial charge in [-0.3, -0.25) is 0 Å². The van der Waals surface area contributed by atoms with Crippen LogP contribution < -0.4 is 0 Å². The first-order valence-corrected chi connectivity index (χ1v) is 7.21. The summed E-state index contributed by atoms with van der Waals surface area (Å²) >= 11 is 0. The number of ether oxygens (including phenoxy) is 3. The summed E-state index contributed by atoms with van der Waals surface area (Å²) in [6, 6.07) is 0. The Kier molecular flexibility index (Phi) is 18.5. The lowest BCUT2D eigenvalue weighted by Crippen LogP contribution is -2.19. The van der Waals surface area contributed by atoms with Crippen molar-refractivity contribution in [3.63, 3.8) is 0 Å². The van der Waals surface area contributed by atoms with Gasteiger partial charge in [-0.2, -0.15) is 0 Å².